The Hall–Kier alpha value is 0.440. The van der Waals surface area contributed by atoms with E-state index in [0.717, 1.165) is 18.0 Å². The molecule has 0 radical (unpaired) electrons. The standard InChI is InChI=1S/C9H16BrN/c10-4-3-7-5-8-1-2-9(6-7)11-8/h7-9,11H,1-6H2. The first-order valence-corrected chi connectivity index (χ1v) is 5.82. The lowest BCUT2D eigenvalue weighted by molar-refractivity contribution is 0.295. The topological polar surface area (TPSA) is 12.0 Å². The van der Waals surface area contributed by atoms with Crippen LogP contribution in [0.1, 0.15) is 32.1 Å². The Morgan fingerprint density at radius 1 is 1.18 bits per heavy atom. The monoisotopic (exact) mass is 217 g/mol. The molecule has 2 aliphatic rings. The van der Waals surface area contributed by atoms with E-state index in [1.807, 2.05) is 0 Å². The first-order chi connectivity index (χ1) is 5.38. The highest BCUT2D eigenvalue weighted by Crippen LogP contribution is 2.32. The molecule has 2 bridgehead atoms. The summed E-state index contributed by atoms with van der Waals surface area (Å²) < 4.78 is 0. The molecule has 64 valence electrons. The number of halogens is 1. The van der Waals surface area contributed by atoms with E-state index in [-0.39, 0.29) is 0 Å². The third kappa shape index (κ3) is 1.78. The molecule has 0 aromatic carbocycles. The van der Waals surface area contributed by atoms with E-state index in [4.69, 9.17) is 0 Å². The van der Waals surface area contributed by atoms with Crippen LogP contribution in [0, 0.1) is 5.92 Å². The minimum absolute atomic E-state index is 0.873. The number of rotatable bonds is 2. The van der Waals surface area contributed by atoms with Gasteiger partial charge in [0.05, 0.1) is 0 Å². The summed E-state index contributed by atoms with van der Waals surface area (Å²) in [5, 5.41) is 4.85. The van der Waals surface area contributed by atoms with Crippen molar-refractivity contribution >= 4 is 15.9 Å². The van der Waals surface area contributed by atoms with Crippen molar-refractivity contribution in [1.29, 1.82) is 0 Å². The Kier molecular flexibility index (Phi) is 2.52. The van der Waals surface area contributed by atoms with Crippen molar-refractivity contribution in [2.75, 3.05) is 5.33 Å². The van der Waals surface area contributed by atoms with Gasteiger partial charge in [-0.25, -0.2) is 0 Å². The van der Waals surface area contributed by atoms with E-state index in [1.54, 1.807) is 0 Å². The summed E-state index contributed by atoms with van der Waals surface area (Å²) in [7, 11) is 0. The van der Waals surface area contributed by atoms with Gasteiger partial charge in [-0.15, -0.1) is 0 Å². The summed E-state index contributed by atoms with van der Waals surface area (Å²) in [6.45, 7) is 0. The van der Waals surface area contributed by atoms with E-state index < -0.39 is 0 Å². The summed E-state index contributed by atoms with van der Waals surface area (Å²) in [6.07, 6.45) is 7.12. The summed E-state index contributed by atoms with van der Waals surface area (Å²) in [5.74, 6) is 1.01. The van der Waals surface area contributed by atoms with Crippen molar-refractivity contribution in [2.24, 2.45) is 5.92 Å². The molecule has 11 heavy (non-hydrogen) atoms. The number of alkyl halides is 1. The lowest BCUT2D eigenvalue weighted by atomic mass is 9.90. The molecule has 2 saturated heterocycles. The van der Waals surface area contributed by atoms with Crippen LogP contribution in [0.4, 0.5) is 0 Å². The van der Waals surface area contributed by atoms with Crippen molar-refractivity contribution in [2.45, 2.75) is 44.2 Å². The van der Waals surface area contributed by atoms with Crippen LogP contribution >= 0.6 is 15.9 Å². The largest absolute Gasteiger partial charge is 0.311 e. The molecule has 2 rings (SSSR count). The number of fused-ring (bicyclic) bond motifs is 2. The molecule has 1 nitrogen and oxygen atoms in total. The van der Waals surface area contributed by atoms with Crippen LogP contribution in [0.25, 0.3) is 0 Å². The molecular formula is C9H16BrN. The van der Waals surface area contributed by atoms with Crippen LogP contribution in [-0.4, -0.2) is 17.4 Å². The Balaban J connectivity index is 1.87. The van der Waals surface area contributed by atoms with Crippen molar-refractivity contribution in [3.63, 3.8) is 0 Å². The van der Waals surface area contributed by atoms with Crippen LogP contribution < -0.4 is 5.32 Å². The van der Waals surface area contributed by atoms with Gasteiger partial charge in [-0.05, 0) is 38.0 Å². The summed E-state index contributed by atoms with van der Waals surface area (Å²) in [4.78, 5) is 0. The molecule has 0 aromatic heterocycles. The SMILES string of the molecule is BrCCC1CC2CCC(C1)N2. The van der Waals surface area contributed by atoms with Crippen LogP contribution in [0.3, 0.4) is 0 Å². The van der Waals surface area contributed by atoms with Crippen molar-refractivity contribution in [1.82, 2.24) is 5.32 Å². The molecule has 0 saturated carbocycles. The maximum absolute atomic E-state index is 3.66. The molecule has 0 aliphatic carbocycles. The highest BCUT2D eigenvalue weighted by molar-refractivity contribution is 9.09. The molecule has 1 N–H and O–H groups in total. The zero-order valence-electron chi connectivity index (χ0n) is 6.85. The van der Waals surface area contributed by atoms with E-state index >= 15 is 0 Å². The van der Waals surface area contributed by atoms with Gasteiger partial charge in [-0.2, -0.15) is 0 Å². The second-order valence-corrected chi connectivity index (χ2v) is 4.75. The van der Waals surface area contributed by atoms with Crippen molar-refractivity contribution in [3.8, 4) is 0 Å². The van der Waals surface area contributed by atoms with Gasteiger partial charge in [0.1, 0.15) is 0 Å². The van der Waals surface area contributed by atoms with Crippen LogP contribution in [-0.2, 0) is 0 Å². The van der Waals surface area contributed by atoms with Gasteiger partial charge in [0, 0.05) is 17.4 Å². The predicted octanol–water partition coefficient (Wildman–Crippen LogP) is 2.30. The van der Waals surface area contributed by atoms with Crippen molar-refractivity contribution in [3.05, 3.63) is 0 Å². The smallest absolute Gasteiger partial charge is 0.00728 e. The normalized spacial score (nSPS) is 42.8. The molecule has 0 amide bonds. The Bertz CT molecular complexity index is 126. The Morgan fingerprint density at radius 2 is 1.82 bits per heavy atom. The van der Waals surface area contributed by atoms with Gasteiger partial charge < -0.3 is 5.32 Å². The second-order valence-electron chi connectivity index (χ2n) is 3.95. The fraction of sp³-hybridized carbons (Fsp3) is 1.00. The average molecular weight is 218 g/mol. The molecule has 2 fully saturated rings. The van der Waals surface area contributed by atoms with Gasteiger partial charge in [0.15, 0.2) is 0 Å². The van der Waals surface area contributed by atoms with E-state index in [1.165, 1.54) is 37.4 Å². The van der Waals surface area contributed by atoms with Gasteiger partial charge >= 0.3 is 0 Å². The van der Waals surface area contributed by atoms with Crippen LogP contribution in [0.15, 0.2) is 0 Å². The van der Waals surface area contributed by atoms with E-state index in [2.05, 4.69) is 21.2 Å². The molecule has 0 spiro atoms. The lowest BCUT2D eigenvalue weighted by Crippen LogP contribution is -2.38. The summed E-state index contributed by atoms with van der Waals surface area (Å²) >= 11 is 3.52. The summed E-state index contributed by atoms with van der Waals surface area (Å²) in [6, 6.07) is 1.75. The van der Waals surface area contributed by atoms with Gasteiger partial charge in [0.2, 0.25) is 0 Å². The molecule has 2 atom stereocenters. The first-order valence-electron chi connectivity index (χ1n) is 4.70. The molecule has 2 heteroatoms. The average Bonchev–Trinajstić information content (AvgIpc) is 2.32. The molecule has 2 heterocycles. The Morgan fingerprint density at radius 3 is 2.36 bits per heavy atom. The third-order valence-electron chi connectivity index (χ3n) is 3.09. The highest BCUT2D eigenvalue weighted by atomic mass is 79.9. The number of hydrogen-bond donors (Lipinski definition) is 1. The minimum atomic E-state index is 0.873. The fourth-order valence-electron chi connectivity index (χ4n) is 2.57. The zero-order valence-corrected chi connectivity index (χ0v) is 8.44. The quantitative estimate of drug-likeness (QED) is 0.701. The zero-order chi connectivity index (χ0) is 7.68. The minimum Gasteiger partial charge on any atom is -0.311 e. The van der Waals surface area contributed by atoms with Gasteiger partial charge in [-0.1, -0.05) is 15.9 Å². The van der Waals surface area contributed by atoms with E-state index in [0.29, 0.717) is 0 Å². The van der Waals surface area contributed by atoms with Crippen molar-refractivity contribution < 1.29 is 0 Å². The fourth-order valence-corrected chi connectivity index (χ4v) is 3.21. The molecular weight excluding hydrogens is 202 g/mol. The first kappa shape index (κ1) is 8.06. The lowest BCUT2D eigenvalue weighted by Gasteiger charge is -2.28. The highest BCUT2D eigenvalue weighted by Gasteiger charge is 2.32. The van der Waals surface area contributed by atoms with Crippen LogP contribution in [0.2, 0.25) is 0 Å². The maximum Gasteiger partial charge on any atom is 0.00728 e. The molecule has 2 unspecified atom stereocenters. The molecule has 2 aliphatic heterocycles. The van der Waals surface area contributed by atoms with Gasteiger partial charge in [-0.3, -0.25) is 0 Å². The summed E-state index contributed by atoms with van der Waals surface area (Å²) in [5.41, 5.74) is 0. The molecule has 0 aromatic rings. The predicted molar refractivity (Wildman–Crippen MR) is 51.1 cm³/mol. The number of hydrogen-bond acceptors (Lipinski definition) is 1. The second kappa shape index (κ2) is 3.44. The number of piperidine rings is 1. The third-order valence-corrected chi connectivity index (χ3v) is 3.55. The van der Waals surface area contributed by atoms with Crippen LogP contribution in [0.5, 0.6) is 0 Å². The maximum atomic E-state index is 3.66. The Labute approximate surface area is 77.1 Å². The van der Waals surface area contributed by atoms with E-state index in [9.17, 15) is 0 Å². The number of nitrogens with one attached hydrogen (secondary N) is 1. The van der Waals surface area contributed by atoms with Gasteiger partial charge in [0.25, 0.3) is 0 Å².